The van der Waals surface area contributed by atoms with Crippen molar-refractivity contribution >= 4 is 17.5 Å². The quantitative estimate of drug-likeness (QED) is 0.753. The highest BCUT2D eigenvalue weighted by molar-refractivity contribution is 6.28. The van der Waals surface area contributed by atoms with Crippen molar-refractivity contribution in [3.05, 3.63) is 24.0 Å². The number of halogens is 1. The fourth-order valence-corrected chi connectivity index (χ4v) is 1.72. The second-order valence-electron chi connectivity index (χ2n) is 4.92. The molecule has 0 aliphatic heterocycles. The van der Waals surface area contributed by atoms with Crippen LogP contribution in [-0.2, 0) is 4.74 Å². The lowest BCUT2D eigenvalue weighted by molar-refractivity contribution is 0.132. The van der Waals surface area contributed by atoms with Gasteiger partial charge in [-0.05, 0) is 23.9 Å². The number of hydrogen-bond acceptors (Lipinski definition) is 6. The first kappa shape index (κ1) is 15.7. The number of anilines is 1. The van der Waals surface area contributed by atoms with Crippen LogP contribution in [0, 0.1) is 5.92 Å². The van der Waals surface area contributed by atoms with Crippen molar-refractivity contribution in [1.82, 2.24) is 24.5 Å². The monoisotopic (exact) mass is 310 g/mol. The van der Waals surface area contributed by atoms with Crippen molar-refractivity contribution in [1.29, 1.82) is 0 Å². The number of nitrogens with one attached hydrogen (secondary N) is 1. The van der Waals surface area contributed by atoms with E-state index in [0.29, 0.717) is 31.0 Å². The predicted octanol–water partition coefficient (Wildman–Crippen LogP) is 2.19. The van der Waals surface area contributed by atoms with Gasteiger partial charge in [-0.1, -0.05) is 13.8 Å². The number of ether oxygens (including phenoxy) is 1. The van der Waals surface area contributed by atoms with Crippen molar-refractivity contribution in [2.75, 3.05) is 25.1 Å². The van der Waals surface area contributed by atoms with E-state index in [9.17, 15) is 0 Å². The molecule has 0 aliphatic carbocycles. The predicted molar refractivity (Wildman–Crippen MR) is 80.7 cm³/mol. The third kappa shape index (κ3) is 5.28. The van der Waals surface area contributed by atoms with Gasteiger partial charge >= 0.3 is 0 Å². The van der Waals surface area contributed by atoms with Crippen molar-refractivity contribution in [3.8, 4) is 5.95 Å². The minimum absolute atomic E-state index is 0.136. The Hall–Kier alpha value is -1.73. The van der Waals surface area contributed by atoms with Gasteiger partial charge in [0.05, 0.1) is 6.61 Å². The molecule has 0 saturated carbocycles. The molecule has 8 heteroatoms. The Morgan fingerprint density at radius 1 is 1.29 bits per heavy atom. The Balaban J connectivity index is 1.83. The van der Waals surface area contributed by atoms with E-state index in [1.807, 2.05) is 0 Å². The number of aromatic nitrogens is 5. The van der Waals surface area contributed by atoms with Gasteiger partial charge in [0.1, 0.15) is 6.33 Å². The molecule has 2 aromatic rings. The number of nitrogens with zero attached hydrogens (tertiary/aromatic N) is 5. The van der Waals surface area contributed by atoms with Crippen molar-refractivity contribution in [3.63, 3.8) is 0 Å². The van der Waals surface area contributed by atoms with Crippen molar-refractivity contribution in [2.24, 2.45) is 5.92 Å². The SMILES string of the molecule is CC(C)CCOCCNc1nc(Cl)nc(-n2ccnc2)n1. The Labute approximate surface area is 128 Å². The molecule has 0 saturated heterocycles. The van der Waals surface area contributed by atoms with Gasteiger partial charge in [-0.2, -0.15) is 15.0 Å². The normalized spacial score (nSPS) is 11.0. The third-order valence-corrected chi connectivity index (χ3v) is 2.87. The van der Waals surface area contributed by atoms with Crippen LogP contribution in [0.1, 0.15) is 20.3 Å². The van der Waals surface area contributed by atoms with Gasteiger partial charge in [0.25, 0.3) is 0 Å². The fraction of sp³-hybridized carbons (Fsp3) is 0.538. The van der Waals surface area contributed by atoms with Crippen LogP contribution in [0.15, 0.2) is 18.7 Å². The molecule has 7 nitrogen and oxygen atoms in total. The lowest BCUT2D eigenvalue weighted by Gasteiger charge is -2.08. The largest absolute Gasteiger partial charge is 0.380 e. The van der Waals surface area contributed by atoms with Crippen molar-refractivity contribution in [2.45, 2.75) is 20.3 Å². The van der Waals surface area contributed by atoms with E-state index in [1.165, 1.54) is 0 Å². The van der Waals surface area contributed by atoms with E-state index in [1.54, 1.807) is 23.3 Å². The molecule has 2 rings (SSSR count). The molecule has 0 fully saturated rings. The summed E-state index contributed by atoms with van der Waals surface area (Å²) < 4.78 is 7.18. The second kappa shape index (κ2) is 7.90. The van der Waals surface area contributed by atoms with Gasteiger partial charge in [-0.3, -0.25) is 4.57 Å². The van der Waals surface area contributed by atoms with E-state index < -0.39 is 0 Å². The summed E-state index contributed by atoms with van der Waals surface area (Å²) in [6, 6.07) is 0. The van der Waals surface area contributed by atoms with Crippen LogP contribution in [0.5, 0.6) is 0 Å². The van der Waals surface area contributed by atoms with Gasteiger partial charge in [0, 0.05) is 25.5 Å². The summed E-state index contributed by atoms with van der Waals surface area (Å²) in [6.45, 7) is 6.31. The Morgan fingerprint density at radius 3 is 2.86 bits per heavy atom. The molecule has 21 heavy (non-hydrogen) atoms. The molecule has 0 spiro atoms. The summed E-state index contributed by atoms with van der Waals surface area (Å²) in [4.78, 5) is 16.3. The summed E-state index contributed by atoms with van der Waals surface area (Å²) in [7, 11) is 0. The smallest absolute Gasteiger partial charge is 0.241 e. The minimum atomic E-state index is 0.136. The minimum Gasteiger partial charge on any atom is -0.380 e. The summed E-state index contributed by atoms with van der Waals surface area (Å²) in [6.07, 6.45) is 6.05. The first-order valence-electron chi connectivity index (χ1n) is 6.86. The van der Waals surface area contributed by atoms with Crippen LogP contribution in [0.25, 0.3) is 5.95 Å². The molecule has 0 aromatic carbocycles. The van der Waals surface area contributed by atoms with Crippen LogP contribution in [0.4, 0.5) is 5.95 Å². The first-order chi connectivity index (χ1) is 10.1. The van der Waals surface area contributed by atoms with E-state index >= 15 is 0 Å². The number of rotatable bonds is 8. The molecule has 114 valence electrons. The second-order valence-corrected chi connectivity index (χ2v) is 5.26. The van der Waals surface area contributed by atoms with Gasteiger partial charge in [0.2, 0.25) is 17.2 Å². The topological polar surface area (TPSA) is 77.8 Å². The van der Waals surface area contributed by atoms with E-state index in [0.717, 1.165) is 13.0 Å². The summed E-state index contributed by atoms with van der Waals surface area (Å²) in [5.74, 6) is 1.50. The van der Waals surface area contributed by atoms with E-state index in [-0.39, 0.29) is 5.28 Å². The van der Waals surface area contributed by atoms with Gasteiger partial charge in [-0.25, -0.2) is 4.98 Å². The van der Waals surface area contributed by atoms with Gasteiger partial charge in [0.15, 0.2) is 0 Å². The average molecular weight is 311 g/mol. The van der Waals surface area contributed by atoms with E-state index in [4.69, 9.17) is 16.3 Å². The number of hydrogen-bond donors (Lipinski definition) is 1. The molecule has 0 amide bonds. The average Bonchev–Trinajstić information content (AvgIpc) is 2.96. The molecule has 0 bridgehead atoms. The first-order valence-corrected chi connectivity index (χ1v) is 7.24. The zero-order valence-corrected chi connectivity index (χ0v) is 12.9. The molecule has 0 unspecified atom stereocenters. The van der Waals surface area contributed by atoms with Crippen LogP contribution in [-0.4, -0.2) is 44.3 Å². The maximum absolute atomic E-state index is 5.90. The Bertz CT molecular complexity index is 546. The molecular weight excluding hydrogens is 292 g/mol. The molecule has 0 radical (unpaired) electrons. The molecule has 2 heterocycles. The zero-order valence-electron chi connectivity index (χ0n) is 12.2. The van der Waals surface area contributed by atoms with Crippen molar-refractivity contribution < 1.29 is 4.74 Å². The molecule has 0 aliphatic rings. The highest BCUT2D eigenvalue weighted by Gasteiger charge is 2.06. The Morgan fingerprint density at radius 2 is 2.14 bits per heavy atom. The maximum atomic E-state index is 5.90. The third-order valence-electron chi connectivity index (χ3n) is 2.70. The fourth-order valence-electron chi connectivity index (χ4n) is 1.57. The van der Waals surface area contributed by atoms with Gasteiger partial charge in [-0.15, -0.1) is 0 Å². The molecule has 1 N–H and O–H groups in total. The van der Waals surface area contributed by atoms with Gasteiger partial charge < -0.3 is 10.1 Å². The maximum Gasteiger partial charge on any atom is 0.241 e. The van der Waals surface area contributed by atoms with Crippen LogP contribution in [0.2, 0.25) is 5.28 Å². The molecule has 0 atom stereocenters. The summed E-state index contributed by atoms with van der Waals surface area (Å²) >= 11 is 5.90. The lowest BCUT2D eigenvalue weighted by Crippen LogP contribution is -2.14. The van der Waals surface area contributed by atoms with Crippen LogP contribution < -0.4 is 5.32 Å². The summed E-state index contributed by atoms with van der Waals surface area (Å²) in [5.41, 5.74) is 0. The molecular formula is C13H19ClN6O. The standard InChI is InChI=1S/C13H19ClN6O/c1-10(2)3-7-21-8-5-16-12-17-11(14)18-13(19-12)20-6-4-15-9-20/h4,6,9-10H,3,5,7-8H2,1-2H3,(H,16,17,18,19). The Kier molecular flexibility index (Phi) is 5.89. The summed E-state index contributed by atoms with van der Waals surface area (Å²) in [5, 5.41) is 3.21. The van der Waals surface area contributed by atoms with E-state index in [2.05, 4.69) is 39.1 Å². The zero-order chi connectivity index (χ0) is 15.1. The van der Waals surface area contributed by atoms with Crippen LogP contribution >= 0.6 is 11.6 Å². The highest BCUT2D eigenvalue weighted by atomic mass is 35.5. The molecule has 2 aromatic heterocycles. The lowest BCUT2D eigenvalue weighted by atomic mass is 10.1. The highest BCUT2D eigenvalue weighted by Crippen LogP contribution is 2.09. The number of imidazole rings is 1. The van der Waals surface area contributed by atoms with Crippen LogP contribution in [0.3, 0.4) is 0 Å².